The molecule has 1 fully saturated rings. The van der Waals surface area contributed by atoms with Crippen LogP contribution in [0.3, 0.4) is 0 Å². The first-order valence-corrected chi connectivity index (χ1v) is 9.87. The lowest BCUT2D eigenvalue weighted by atomic mass is 10.0. The van der Waals surface area contributed by atoms with Gasteiger partial charge in [0.05, 0.1) is 5.52 Å². The molecule has 0 saturated carbocycles. The number of thioether (sulfide) groups is 1. The fraction of sp³-hybridized carbons (Fsp3) is 0.200. The first-order chi connectivity index (χ1) is 12.2. The minimum atomic E-state index is 0.0544. The van der Waals surface area contributed by atoms with Gasteiger partial charge in [0.1, 0.15) is 5.82 Å². The van der Waals surface area contributed by atoms with E-state index in [1.165, 1.54) is 0 Å². The third-order valence-corrected chi connectivity index (χ3v) is 6.08. The van der Waals surface area contributed by atoms with Crippen LogP contribution in [0.1, 0.15) is 15.9 Å². The van der Waals surface area contributed by atoms with Gasteiger partial charge in [-0.2, -0.15) is 11.8 Å². The van der Waals surface area contributed by atoms with E-state index in [-0.39, 0.29) is 5.78 Å². The van der Waals surface area contributed by atoms with Crippen LogP contribution in [0.5, 0.6) is 0 Å². The van der Waals surface area contributed by atoms with Crippen molar-refractivity contribution in [1.29, 1.82) is 0 Å². The van der Waals surface area contributed by atoms with Gasteiger partial charge in [-0.3, -0.25) is 4.79 Å². The van der Waals surface area contributed by atoms with Crippen LogP contribution in [-0.2, 0) is 0 Å². The van der Waals surface area contributed by atoms with E-state index in [9.17, 15) is 4.79 Å². The highest BCUT2D eigenvalue weighted by Gasteiger charge is 2.34. The van der Waals surface area contributed by atoms with Crippen molar-refractivity contribution in [3.05, 3.63) is 58.6 Å². The summed E-state index contributed by atoms with van der Waals surface area (Å²) in [7, 11) is 0. The van der Waals surface area contributed by atoms with E-state index >= 15 is 0 Å². The van der Waals surface area contributed by atoms with Crippen molar-refractivity contribution in [2.45, 2.75) is 0 Å². The molecule has 0 bridgehead atoms. The second-order valence-electron chi connectivity index (χ2n) is 6.32. The Morgan fingerprint density at radius 2 is 1.80 bits per heavy atom. The number of carbonyl (C=O) groups is 1. The molecule has 2 aliphatic rings. The molecule has 5 heteroatoms. The highest BCUT2D eigenvalue weighted by atomic mass is 35.5. The Morgan fingerprint density at radius 1 is 1.00 bits per heavy atom. The third kappa shape index (κ3) is 2.28. The van der Waals surface area contributed by atoms with Gasteiger partial charge in [-0.05, 0) is 23.8 Å². The number of aromatic nitrogens is 1. The normalized spacial score (nSPS) is 16.2. The molecular weight excluding hydrogens is 352 g/mol. The third-order valence-electron chi connectivity index (χ3n) is 4.91. The molecule has 124 valence electrons. The first-order valence-electron chi connectivity index (χ1n) is 8.34. The Bertz CT molecular complexity index is 1030. The van der Waals surface area contributed by atoms with Gasteiger partial charge in [-0.15, -0.1) is 0 Å². The second kappa shape index (κ2) is 5.75. The molecule has 1 aliphatic heterocycles. The summed E-state index contributed by atoms with van der Waals surface area (Å²) in [6.45, 7) is 1.92. The smallest absolute Gasteiger partial charge is 0.195 e. The van der Waals surface area contributed by atoms with Crippen molar-refractivity contribution >= 4 is 45.9 Å². The number of hydrogen-bond acceptors (Lipinski definition) is 4. The van der Waals surface area contributed by atoms with Gasteiger partial charge in [0.15, 0.2) is 5.78 Å². The maximum absolute atomic E-state index is 13.2. The zero-order chi connectivity index (χ0) is 17.0. The van der Waals surface area contributed by atoms with Crippen LogP contribution in [0.15, 0.2) is 42.5 Å². The van der Waals surface area contributed by atoms with Gasteiger partial charge in [-0.25, -0.2) is 4.98 Å². The van der Waals surface area contributed by atoms with Crippen molar-refractivity contribution in [2.24, 2.45) is 0 Å². The number of carbonyl (C=O) groups excluding carboxylic acids is 1. The number of halogens is 1. The molecule has 0 amide bonds. The van der Waals surface area contributed by atoms with E-state index in [4.69, 9.17) is 16.6 Å². The van der Waals surface area contributed by atoms with Crippen molar-refractivity contribution in [1.82, 2.24) is 4.98 Å². The van der Waals surface area contributed by atoms with Crippen LogP contribution in [0.25, 0.3) is 22.0 Å². The molecule has 25 heavy (non-hydrogen) atoms. The standard InChI is InChI=1S/C20H15ClN2OS/c21-12-5-6-13-15(11-12)19(24)17-14-3-1-2-4-16(14)22-20(18(13)17)23-7-9-25-10-8-23/h1-6,11H,7-10H2. The maximum Gasteiger partial charge on any atom is 0.195 e. The lowest BCUT2D eigenvalue weighted by Gasteiger charge is -2.29. The van der Waals surface area contributed by atoms with E-state index in [2.05, 4.69) is 4.90 Å². The van der Waals surface area contributed by atoms with Crippen LogP contribution >= 0.6 is 23.4 Å². The SMILES string of the molecule is O=C1c2cc(Cl)ccc2-c2c(N3CCSCC3)nc3ccccc3c21. The Kier molecular flexibility index (Phi) is 3.50. The summed E-state index contributed by atoms with van der Waals surface area (Å²) in [6.07, 6.45) is 0. The molecule has 5 rings (SSSR count). The minimum absolute atomic E-state index is 0.0544. The number of hydrogen-bond donors (Lipinski definition) is 0. The number of ketones is 1. The molecule has 1 saturated heterocycles. The topological polar surface area (TPSA) is 33.2 Å². The van der Waals surface area contributed by atoms with Gasteiger partial charge in [0, 0.05) is 51.7 Å². The van der Waals surface area contributed by atoms with E-state index in [1.54, 1.807) is 6.07 Å². The highest BCUT2D eigenvalue weighted by molar-refractivity contribution is 7.99. The molecule has 0 atom stereocenters. The minimum Gasteiger partial charge on any atom is -0.354 e. The summed E-state index contributed by atoms with van der Waals surface area (Å²) in [4.78, 5) is 20.5. The van der Waals surface area contributed by atoms with Gasteiger partial charge >= 0.3 is 0 Å². The zero-order valence-electron chi connectivity index (χ0n) is 13.5. The fourth-order valence-electron chi connectivity index (χ4n) is 3.75. The number of pyridine rings is 1. The first kappa shape index (κ1) is 15.2. The predicted octanol–water partition coefficient (Wildman–Crippen LogP) is 4.65. The molecule has 3 aromatic rings. The van der Waals surface area contributed by atoms with Crippen molar-refractivity contribution in [2.75, 3.05) is 29.5 Å². The number of fused-ring (bicyclic) bond motifs is 5. The highest BCUT2D eigenvalue weighted by Crippen LogP contribution is 2.45. The Morgan fingerprint density at radius 3 is 2.64 bits per heavy atom. The van der Waals surface area contributed by atoms with Crippen LogP contribution in [0.2, 0.25) is 5.02 Å². The summed E-state index contributed by atoms with van der Waals surface area (Å²) < 4.78 is 0. The summed E-state index contributed by atoms with van der Waals surface area (Å²) >= 11 is 8.12. The second-order valence-corrected chi connectivity index (χ2v) is 7.98. The lowest BCUT2D eigenvalue weighted by molar-refractivity contribution is 0.104. The van der Waals surface area contributed by atoms with Crippen molar-refractivity contribution in [3.8, 4) is 11.1 Å². The summed E-state index contributed by atoms with van der Waals surface area (Å²) in [5.41, 5.74) is 4.27. The Hall–Kier alpha value is -2.04. The van der Waals surface area contributed by atoms with Crippen molar-refractivity contribution < 1.29 is 4.79 Å². The summed E-state index contributed by atoms with van der Waals surface area (Å²) in [5.74, 6) is 3.16. The van der Waals surface area contributed by atoms with E-state index in [0.29, 0.717) is 10.6 Å². The van der Waals surface area contributed by atoms with Crippen LogP contribution in [-0.4, -0.2) is 35.4 Å². The molecular formula is C20H15ClN2OS. The quantitative estimate of drug-likeness (QED) is 0.491. The van der Waals surface area contributed by atoms with E-state index in [0.717, 1.165) is 58.0 Å². The van der Waals surface area contributed by atoms with Gasteiger partial charge < -0.3 is 4.90 Å². The molecule has 3 nitrogen and oxygen atoms in total. The van der Waals surface area contributed by atoms with Crippen LogP contribution < -0.4 is 4.90 Å². The maximum atomic E-state index is 13.2. The monoisotopic (exact) mass is 366 g/mol. The molecule has 2 aromatic carbocycles. The molecule has 1 aromatic heterocycles. The van der Waals surface area contributed by atoms with Crippen molar-refractivity contribution in [3.63, 3.8) is 0 Å². The zero-order valence-corrected chi connectivity index (χ0v) is 15.0. The van der Waals surface area contributed by atoms with Gasteiger partial charge in [-0.1, -0.05) is 35.9 Å². The Balaban J connectivity index is 1.86. The van der Waals surface area contributed by atoms with Gasteiger partial charge in [0.2, 0.25) is 0 Å². The van der Waals surface area contributed by atoms with Crippen LogP contribution in [0.4, 0.5) is 5.82 Å². The largest absolute Gasteiger partial charge is 0.354 e. The molecule has 0 N–H and O–H groups in total. The number of para-hydroxylation sites is 1. The average Bonchev–Trinajstić information content (AvgIpc) is 2.95. The number of rotatable bonds is 1. The molecule has 0 radical (unpaired) electrons. The Labute approximate surface area is 155 Å². The molecule has 2 heterocycles. The fourth-order valence-corrected chi connectivity index (χ4v) is 4.83. The number of benzene rings is 2. The van der Waals surface area contributed by atoms with E-state index in [1.807, 2.05) is 48.2 Å². The molecule has 1 aliphatic carbocycles. The summed E-state index contributed by atoms with van der Waals surface area (Å²) in [5, 5.41) is 1.51. The number of anilines is 1. The number of nitrogens with zero attached hydrogens (tertiary/aromatic N) is 2. The predicted molar refractivity (Wildman–Crippen MR) is 105 cm³/mol. The van der Waals surface area contributed by atoms with E-state index < -0.39 is 0 Å². The summed E-state index contributed by atoms with van der Waals surface area (Å²) in [6, 6.07) is 13.5. The molecule has 0 spiro atoms. The molecule has 0 unspecified atom stereocenters. The van der Waals surface area contributed by atoms with Crippen LogP contribution in [0, 0.1) is 0 Å². The average molecular weight is 367 g/mol. The lowest BCUT2D eigenvalue weighted by Crippen LogP contribution is -2.33. The van der Waals surface area contributed by atoms with Gasteiger partial charge in [0.25, 0.3) is 0 Å².